The van der Waals surface area contributed by atoms with E-state index in [1.165, 1.54) is 11.9 Å². The first kappa shape index (κ1) is 23.0. The summed E-state index contributed by atoms with van der Waals surface area (Å²) in [5.74, 6) is 0.789. The van der Waals surface area contributed by atoms with Gasteiger partial charge in [-0.1, -0.05) is 37.2 Å². The second-order valence-corrected chi connectivity index (χ2v) is 10.8. The summed E-state index contributed by atoms with van der Waals surface area (Å²) in [6.07, 6.45) is 1.27. The van der Waals surface area contributed by atoms with Gasteiger partial charge in [-0.25, -0.2) is 4.68 Å². The number of hydrogen-bond acceptors (Lipinski definition) is 7. The van der Waals surface area contributed by atoms with Crippen LogP contribution < -0.4 is 5.32 Å². The molecule has 10 nitrogen and oxygen atoms in total. The summed E-state index contributed by atoms with van der Waals surface area (Å²) >= 11 is -0.738. The summed E-state index contributed by atoms with van der Waals surface area (Å²) in [6, 6.07) is -1.36. The smallest absolute Gasteiger partial charge is 0.248 e. The maximum absolute atomic E-state index is 13.5. The second-order valence-electron chi connectivity index (χ2n) is 9.09. The van der Waals surface area contributed by atoms with Crippen molar-refractivity contribution in [3.63, 3.8) is 0 Å². The van der Waals surface area contributed by atoms with Crippen molar-refractivity contribution in [2.45, 2.75) is 51.9 Å². The Balaban J connectivity index is 1.79. The minimum atomic E-state index is -0.738. The van der Waals surface area contributed by atoms with E-state index in [9.17, 15) is 19.2 Å². The third-order valence-electron chi connectivity index (χ3n) is 5.64. The van der Waals surface area contributed by atoms with E-state index in [1.807, 2.05) is 20.8 Å². The number of aliphatic hydroxyl groups is 1. The molecule has 2 unspecified atom stereocenters. The third-order valence-corrected chi connectivity index (χ3v) is 6.92. The lowest BCUT2D eigenvalue weighted by Crippen LogP contribution is -2.49. The summed E-state index contributed by atoms with van der Waals surface area (Å²) in [6.45, 7) is 8.04. The van der Waals surface area contributed by atoms with Crippen LogP contribution in [0.25, 0.3) is 0 Å². The summed E-state index contributed by atoms with van der Waals surface area (Å²) < 4.78 is 13.1. The van der Waals surface area contributed by atoms with Crippen molar-refractivity contribution in [3.05, 3.63) is 11.9 Å². The van der Waals surface area contributed by atoms with Gasteiger partial charge in [0.1, 0.15) is 23.6 Å². The van der Waals surface area contributed by atoms with Crippen LogP contribution in [0.15, 0.2) is 6.20 Å². The zero-order valence-corrected chi connectivity index (χ0v) is 18.9. The highest BCUT2D eigenvalue weighted by molar-refractivity contribution is 7.91. The standard InChI is InChI=1S/C19H32N6O4S/c1-19(2,3)16(18(28)24-12-14(26)9-15(24)17(27)20-4)25-11-13(21-22-25)10-23-5-7-30(29)8-6-23/h11,14-16,26H,5-10,12H2,1-4H3,(H,20,27)/t14?,15-,16?/m1/s1. The Bertz CT molecular complexity index is 758. The molecule has 0 spiro atoms. The van der Waals surface area contributed by atoms with Crippen molar-refractivity contribution in [1.82, 2.24) is 30.1 Å². The van der Waals surface area contributed by atoms with Gasteiger partial charge in [-0.05, 0) is 5.41 Å². The number of rotatable bonds is 5. The van der Waals surface area contributed by atoms with E-state index in [4.69, 9.17) is 0 Å². The van der Waals surface area contributed by atoms with Crippen molar-refractivity contribution in [1.29, 1.82) is 0 Å². The largest absolute Gasteiger partial charge is 0.616 e. The van der Waals surface area contributed by atoms with Crippen LogP contribution in [0, 0.1) is 5.41 Å². The average Bonchev–Trinajstić information content (AvgIpc) is 3.28. The molecule has 3 heterocycles. The minimum Gasteiger partial charge on any atom is -0.616 e. The van der Waals surface area contributed by atoms with Gasteiger partial charge in [-0.15, -0.1) is 5.10 Å². The molecule has 2 aliphatic rings. The Morgan fingerprint density at radius 3 is 2.63 bits per heavy atom. The molecular weight excluding hydrogens is 408 g/mol. The van der Waals surface area contributed by atoms with E-state index in [-0.39, 0.29) is 24.8 Å². The van der Waals surface area contributed by atoms with E-state index in [0.29, 0.717) is 18.1 Å². The molecule has 2 saturated heterocycles. The quantitative estimate of drug-likeness (QED) is 0.570. The van der Waals surface area contributed by atoms with Gasteiger partial charge in [0.2, 0.25) is 11.8 Å². The Morgan fingerprint density at radius 1 is 1.37 bits per heavy atom. The van der Waals surface area contributed by atoms with E-state index in [2.05, 4.69) is 20.5 Å². The molecule has 0 bridgehead atoms. The number of amides is 2. The van der Waals surface area contributed by atoms with Gasteiger partial charge in [-0.2, -0.15) is 0 Å². The fourth-order valence-electron chi connectivity index (χ4n) is 4.08. The zero-order chi connectivity index (χ0) is 22.1. The molecule has 2 amide bonds. The maximum Gasteiger partial charge on any atom is 0.248 e. The lowest BCUT2D eigenvalue weighted by molar-refractivity contribution is -0.144. The van der Waals surface area contributed by atoms with Crippen LogP contribution in [-0.4, -0.2) is 96.6 Å². The highest BCUT2D eigenvalue weighted by Gasteiger charge is 2.45. The molecule has 0 aliphatic carbocycles. The molecule has 3 rings (SSSR count). The van der Waals surface area contributed by atoms with Crippen molar-refractivity contribution >= 4 is 23.0 Å². The van der Waals surface area contributed by atoms with Gasteiger partial charge in [-0.3, -0.25) is 14.5 Å². The third kappa shape index (κ3) is 5.13. The number of aliphatic hydroxyl groups excluding tert-OH is 1. The van der Waals surface area contributed by atoms with Crippen LogP contribution in [0.3, 0.4) is 0 Å². The zero-order valence-electron chi connectivity index (χ0n) is 18.1. The molecule has 2 aliphatic heterocycles. The van der Waals surface area contributed by atoms with Gasteiger partial charge in [0, 0.05) is 39.6 Å². The molecule has 168 valence electrons. The number of likely N-dealkylation sites (N-methyl/N-ethyl adjacent to an activating group) is 1. The molecule has 11 heteroatoms. The number of likely N-dealkylation sites (tertiary alicyclic amines) is 1. The van der Waals surface area contributed by atoms with E-state index in [1.54, 1.807) is 10.9 Å². The van der Waals surface area contributed by atoms with Crippen LogP contribution in [-0.2, 0) is 27.3 Å². The van der Waals surface area contributed by atoms with Crippen molar-refractivity contribution in [3.8, 4) is 0 Å². The lowest BCUT2D eigenvalue weighted by atomic mass is 9.85. The number of hydrogen-bond donors (Lipinski definition) is 2. The van der Waals surface area contributed by atoms with Gasteiger partial charge in [0.05, 0.1) is 18.0 Å². The molecule has 1 aromatic rings. The van der Waals surface area contributed by atoms with Crippen LogP contribution in [0.1, 0.15) is 38.9 Å². The van der Waals surface area contributed by atoms with Gasteiger partial charge < -0.3 is 19.9 Å². The topological polar surface area (TPSA) is 127 Å². The number of β-amino-alcohol motifs (C(OH)–C–C–N with tert-alkyl or cyclic N) is 1. The molecule has 2 N–H and O–H groups in total. The number of aromatic nitrogens is 3. The minimum absolute atomic E-state index is 0.121. The van der Waals surface area contributed by atoms with Gasteiger partial charge in [0.25, 0.3) is 0 Å². The summed E-state index contributed by atoms with van der Waals surface area (Å²) in [5, 5.41) is 21.2. The van der Waals surface area contributed by atoms with Crippen molar-refractivity contribution < 1.29 is 19.2 Å². The van der Waals surface area contributed by atoms with E-state index < -0.39 is 34.8 Å². The summed E-state index contributed by atoms with van der Waals surface area (Å²) in [7, 11) is 1.52. The van der Waals surface area contributed by atoms with E-state index in [0.717, 1.165) is 18.8 Å². The Hall–Kier alpha value is -1.69. The molecule has 2 fully saturated rings. The van der Waals surface area contributed by atoms with E-state index >= 15 is 0 Å². The molecule has 30 heavy (non-hydrogen) atoms. The number of nitrogens with one attached hydrogen (secondary N) is 1. The fraction of sp³-hybridized carbons (Fsp3) is 0.789. The highest BCUT2D eigenvalue weighted by atomic mass is 32.2. The molecular formula is C19H32N6O4S. The summed E-state index contributed by atoms with van der Waals surface area (Å²) in [5.41, 5.74) is 0.263. The first-order chi connectivity index (χ1) is 14.1. The molecule has 0 saturated carbocycles. The normalized spacial score (nSPS) is 24.8. The first-order valence-corrected chi connectivity index (χ1v) is 11.8. The molecule has 0 aromatic carbocycles. The number of carbonyl (C=O) groups is 2. The predicted molar refractivity (Wildman–Crippen MR) is 112 cm³/mol. The Labute approximate surface area is 180 Å². The van der Waals surface area contributed by atoms with Crippen LogP contribution in [0.2, 0.25) is 0 Å². The summed E-state index contributed by atoms with van der Waals surface area (Å²) in [4.78, 5) is 29.4. The number of nitrogens with zero attached hydrogens (tertiary/aromatic N) is 5. The Kier molecular flexibility index (Phi) is 7.05. The van der Waals surface area contributed by atoms with Gasteiger partial charge in [0.15, 0.2) is 0 Å². The van der Waals surface area contributed by atoms with Crippen LogP contribution in [0.4, 0.5) is 0 Å². The predicted octanol–water partition coefficient (Wildman–Crippen LogP) is -0.863. The van der Waals surface area contributed by atoms with Gasteiger partial charge >= 0.3 is 0 Å². The van der Waals surface area contributed by atoms with Crippen LogP contribution >= 0.6 is 0 Å². The fourth-order valence-corrected chi connectivity index (χ4v) is 5.21. The number of carbonyl (C=O) groups excluding carboxylic acids is 2. The Morgan fingerprint density at radius 2 is 2.03 bits per heavy atom. The lowest BCUT2D eigenvalue weighted by Gasteiger charge is -2.34. The molecule has 0 radical (unpaired) electrons. The van der Waals surface area contributed by atoms with Crippen molar-refractivity contribution in [2.75, 3.05) is 38.2 Å². The highest BCUT2D eigenvalue weighted by Crippen LogP contribution is 2.34. The van der Waals surface area contributed by atoms with Crippen LogP contribution in [0.5, 0.6) is 0 Å². The second kappa shape index (κ2) is 9.21. The maximum atomic E-state index is 13.5. The molecule has 3 atom stereocenters. The average molecular weight is 441 g/mol. The molecule has 1 aromatic heterocycles. The monoisotopic (exact) mass is 440 g/mol. The SMILES string of the molecule is CNC(=O)[C@H]1CC(O)CN1C(=O)C(n1cc(CN2CC[S+]([O-])CC2)nn1)C(C)(C)C. The van der Waals surface area contributed by atoms with Crippen molar-refractivity contribution in [2.24, 2.45) is 5.41 Å². The first-order valence-electron chi connectivity index (χ1n) is 10.3.